The van der Waals surface area contributed by atoms with Crippen LogP contribution in [0.2, 0.25) is 0 Å². The lowest BCUT2D eigenvalue weighted by molar-refractivity contribution is 0.582. The molecule has 5 heteroatoms. The predicted molar refractivity (Wildman–Crippen MR) is 210 cm³/mol. The number of benzene rings is 6. The molecule has 6 aromatic carbocycles. The average molecular weight is 668 g/mol. The Morgan fingerprint density at radius 2 is 1.15 bits per heavy atom. The lowest BCUT2D eigenvalue weighted by Crippen LogP contribution is -2.16. The van der Waals surface area contributed by atoms with E-state index in [1.165, 1.54) is 16.7 Å². The van der Waals surface area contributed by atoms with Gasteiger partial charge in [-0.05, 0) is 58.3 Å². The average Bonchev–Trinajstić information content (AvgIpc) is 3.79. The Hall–Kier alpha value is -6.85. The molecule has 3 aromatic heterocycles. The zero-order valence-corrected chi connectivity index (χ0v) is 27.9. The first-order valence-corrected chi connectivity index (χ1v) is 17.6. The van der Waals surface area contributed by atoms with E-state index in [-0.39, 0.29) is 11.8 Å². The first-order valence-electron chi connectivity index (χ1n) is 17.6. The largest absolute Gasteiger partial charge is 0.456 e. The fraction of sp³-hybridized carbons (Fsp3) is 0.0426. The maximum absolute atomic E-state index is 6.87. The quantitative estimate of drug-likeness (QED) is 0.187. The molecule has 3 heterocycles. The van der Waals surface area contributed by atoms with Gasteiger partial charge in [-0.1, -0.05) is 127 Å². The topological polar surface area (TPSA) is 65.0 Å². The minimum absolute atomic E-state index is 0.148. The molecule has 0 spiro atoms. The van der Waals surface area contributed by atoms with Crippen LogP contribution in [0.1, 0.15) is 22.8 Å². The van der Waals surface area contributed by atoms with Gasteiger partial charge < -0.3 is 8.83 Å². The summed E-state index contributed by atoms with van der Waals surface area (Å²) in [7, 11) is 0. The van der Waals surface area contributed by atoms with Crippen molar-refractivity contribution in [3.05, 3.63) is 175 Å². The van der Waals surface area contributed by atoms with Crippen LogP contribution in [0.25, 0.3) is 89.5 Å². The maximum Gasteiger partial charge on any atom is 0.167 e. The molecule has 2 aliphatic carbocycles. The summed E-state index contributed by atoms with van der Waals surface area (Å²) in [6.07, 6.45) is 11.1. The van der Waals surface area contributed by atoms with Gasteiger partial charge in [0.25, 0.3) is 0 Å². The van der Waals surface area contributed by atoms with Crippen molar-refractivity contribution in [1.29, 1.82) is 0 Å². The molecule has 2 atom stereocenters. The van der Waals surface area contributed by atoms with Gasteiger partial charge in [-0.15, -0.1) is 0 Å². The number of fused-ring (bicyclic) bond motifs is 9. The van der Waals surface area contributed by atoms with Crippen LogP contribution in [0.5, 0.6) is 0 Å². The van der Waals surface area contributed by atoms with Crippen molar-refractivity contribution in [2.75, 3.05) is 0 Å². The van der Waals surface area contributed by atoms with E-state index in [2.05, 4.69) is 140 Å². The molecule has 0 N–H and O–H groups in total. The van der Waals surface area contributed by atoms with E-state index in [9.17, 15) is 0 Å². The van der Waals surface area contributed by atoms with E-state index < -0.39 is 0 Å². The summed E-state index contributed by atoms with van der Waals surface area (Å²) in [4.78, 5) is 15.4. The summed E-state index contributed by atoms with van der Waals surface area (Å²) in [5.74, 6) is 2.94. The fourth-order valence-corrected chi connectivity index (χ4v) is 8.06. The number of para-hydroxylation sites is 2. The highest BCUT2D eigenvalue weighted by atomic mass is 16.3. The third-order valence-corrected chi connectivity index (χ3v) is 10.5. The molecular weight excluding hydrogens is 639 g/mol. The first kappa shape index (κ1) is 28.9. The number of furan rings is 2. The van der Waals surface area contributed by atoms with Gasteiger partial charge in [0.2, 0.25) is 0 Å². The summed E-state index contributed by atoms with van der Waals surface area (Å²) < 4.78 is 13.1. The highest BCUT2D eigenvalue weighted by Crippen LogP contribution is 2.50. The van der Waals surface area contributed by atoms with E-state index in [1.54, 1.807) is 0 Å². The van der Waals surface area contributed by atoms with Crippen molar-refractivity contribution < 1.29 is 8.83 Å². The third-order valence-electron chi connectivity index (χ3n) is 10.5. The number of nitrogens with zero attached hydrogens (tertiary/aromatic N) is 3. The highest BCUT2D eigenvalue weighted by molar-refractivity contribution is 6.06. The molecule has 0 saturated carbocycles. The van der Waals surface area contributed by atoms with Crippen molar-refractivity contribution in [3.8, 4) is 34.2 Å². The molecule has 9 aromatic rings. The SMILES string of the molecule is C1=CC2C(c3ccccc3)=Cc3oc4c(-c5nc(-c6ccc7ccccc7c6)nc(-c6ccc7c(c6)oc6ccccc67)n5)cccc4c3C2C=C1. The zero-order valence-electron chi connectivity index (χ0n) is 27.9. The van der Waals surface area contributed by atoms with Gasteiger partial charge in [0.15, 0.2) is 17.5 Å². The summed E-state index contributed by atoms with van der Waals surface area (Å²) >= 11 is 0. The normalized spacial score (nSPS) is 16.4. The third kappa shape index (κ3) is 4.53. The molecule has 2 unspecified atom stereocenters. The Morgan fingerprint density at radius 1 is 0.462 bits per heavy atom. The lowest BCUT2D eigenvalue weighted by atomic mass is 9.72. The van der Waals surface area contributed by atoms with Crippen molar-refractivity contribution in [2.45, 2.75) is 5.92 Å². The van der Waals surface area contributed by atoms with Crippen LogP contribution in [0.15, 0.2) is 167 Å². The van der Waals surface area contributed by atoms with Crippen LogP contribution in [0.4, 0.5) is 0 Å². The summed E-state index contributed by atoms with van der Waals surface area (Å²) in [5.41, 5.74) is 8.65. The molecule has 0 fully saturated rings. The number of hydrogen-bond acceptors (Lipinski definition) is 5. The second-order valence-electron chi connectivity index (χ2n) is 13.5. The molecule has 11 rings (SSSR count). The summed E-state index contributed by atoms with van der Waals surface area (Å²) in [6.45, 7) is 0. The molecule has 0 aliphatic heterocycles. The molecule has 0 saturated heterocycles. The molecule has 5 nitrogen and oxygen atoms in total. The minimum Gasteiger partial charge on any atom is -0.456 e. The van der Waals surface area contributed by atoms with Crippen LogP contribution < -0.4 is 0 Å². The van der Waals surface area contributed by atoms with Gasteiger partial charge in [-0.2, -0.15) is 0 Å². The van der Waals surface area contributed by atoms with Crippen LogP contribution >= 0.6 is 0 Å². The second-order valence-corrected chi connectivity index (χ2v) is 13.5. The van der Waals surface area contributed by atoms with Crippen LogP contribution in [-0.4, -0.2) is 15.0 Å². The predicted octanol–water partition coefficient (Wildman–Crippen LogP) is 12.1. The Balaban J connectivity index is 1.12. The van der Waals surface area contributed by atoms with Crippen molar-refractivity contribution >= 4 is 55.3 Å². The molecule has 2 aliphatic rings. The van der Waals surface area contributed by atoms with Gasteiger partial charge in [0.1, 0.15) is 22.5 Å². The first-order chi connectivity index (χ1) is 25.7. The van der Waals surface area contributed by atoms with E-state index in [0.717, 1.165) is 66.1 Å². The Bertz CT molecular complexity index is 2980. The smallest absolute Gasteiger partial charge is 0.167 e. The van der Waals surface area contributed by atoms with Crippen LogP contribution in [-0.2, 0) is 0 Å². The number of rotatable bonds is 4. The molecule has 0 radical (unpaired) electrons. The molecule has 52 heavy (non-hydrogen) atoms. The number of allylic oxidation sites excluding steroid dienone is 5. The van der Waals surface area contributed by atoms with Crippen LogP contribution in [0, 0.1) is 5.92 Å². The van der Waals surface area contributed by atoms with Crippen molar-refractivity contribution in [1.82, 2.24) is 15.0 Å². The second kappa shape index (κ2) is 11.3. The standard InChI is InChI=1S/C47H29N3O2/c1-2-12-29(13-3-1)39-27-42-43(36-17-7-6-15-33(36)39)37-18-10-19-38(44(37)52-42)47-49-45(31-22-21-28-11-4-5-14-30(28)25-31)48-46(50-47)32-23-24-35-34-16-8-9-20-40(34)51-41(35)26-32/h1-27,33,36H. The monoisotopic (exact) mass is 667 g/mol. The molecule has 244 valence electrons. The van der Waals surface area contributed by atoms with Gasteiger partial charge in [0, 0.05) is 44.7 Å². The van der Waals surface area contributed by atoms with E-state index in [1.807, 2.05) is 24.3 Å². The Labute approximate surface area is 298 Å². The molecule has 0 bridgehead atoms. The summed E-state index contributed by atoms with van der Waals surface area (Å²) in [5, 5.41) is 5.50. The van der Waals surface area contributed by atoms with E-state index in [0.29, 0.717) is 17.5 Å². The number of aromatic nitrogens is 3. The zero-order chi connectivity index (χ0) is 34.2. The Morgan fingerprint density at radius 3 is 2.04 bits per heavy atom. The maximum atomic E-state index is 6.87. The molecular formula is C47H29N3O2. The van der Waals surface area contributed by atoms with Crippen molar-refractivity contribution in [3.63, 3.8) is 0 Å². The van der Waals surface area contributed by atoms with Crippen LogP contribution in [0.3, 0.4) is 0 Å². The van der Waals surface area contributed by atoms with Gasteiger partial charge >= 0.3 is 0 Å². The van der Waals surface area contributed by atoms with E-state index >= 15 is 0 Å². The van der Waals surface area contributed by atoms with E-state index in [4.69, 9.17) is 23.8 Å². The molecule has 0 amide bonds. The fourth-order valence-electron chi connectivity index (χ4n) is 8.06. The number of hydrogen-bond donors (Lipinski definition) is 0. The highest BCUT2D eigenvalue weighted by Gasteiger charge is 2.34. The lowest BCUT2D eigenvalue weighted by Gasteiger charge is -2.30. The van der Waals surface area contributed by atoms with Gasteiger partial charge in [0.05, 0.1) is 5.56 Å². The van der Waals surface area contributed by atoms with Gasteiger partial charge in [-0.25, -0.2) is 15.0 Å². The minimum atomic E-state index is 0.148. The summed E-state index contributed by atoms with van der Waals surface area (Å²) in [6, 6.07) is 45.9. The Kier molecular flexibility index (Phi) is 6.31. The van der Waals surface area contributed by atoms with Gasteiger partial charge in [-0.3, -0.25) is 0 Å². The van der Waals surface area contributed by atoms with Crippen molar-refractivity contribution in [2.24, 2.45) is 5.92 Å².